The molecule has 1 aliphatic carbocycles. The van der Waals surface area contributed by atoms with Gasteiger partial charge in [0.15, 0.2) is 5.78 Å². The van der Waals surface area contributed by atoms with E-state index in [1.165, 1.54) is 0 Å². The normalized spacial score (nSPS) is 19.5. The largest absolute Gasteiger partial charge is 0.497 e. The number of ketones is 1. The average Bonchev–Trinajstić information content (AvgIpc) is 2.88. The van der Waals surface area contributed by atoms with E-state index in [1.807, 2.05) is 62.4 Å². The minimum Gasteiger partial charge on any atom is -0.497 e. The van der Waals surface area contributed by atoms with Crippen molar-refractivity contribution in [2.24, 2.45) is 0 Å². The summed E-state index contributed by atoms with van der Waals surface area (Å²) in [5.41, 5.74) is 5.62. The number of ether oxygens (including phenoxy) is 1. The Morgan fingerprint density at radius 2 is 1.86 bits per heavy atom. The summed E-state index contributed by atoms with van der Waals surface area (Å²) in [5, 5.41) is 6.34. The summed E-state index contributed by atoms with van der Waals surface area (Å²) in [4.78, 5) is 35.8. The summed E-state index contributed by atoms with van der Waals surface area (Å²) in [6.45, 7) is 3.83. The molecule has 2 unspecified atom stereocenters. The third-order valence-corrected chi connectivity index (χ3v) is 6.83. The highest BCUT2D eigenvalue weighted by molar-refractivity contribution is 6.09. The predicted octanol–water partition coefficient (Wildman–Crippen LogP) is 4.79. The molecule has 3 heterocycles. The number of hydrogen-bond acceptors (Lipinski definition) is 6. The van der Waals surface area contributed by atoms with Gasteiger partial charge >= 0.3 is 0 Å². The van der Waals surface area contributed by atoms with Gasteiger partial charge in [0.1, 0.15) is 11.6 Å². The lowest BCUT2D eigenvalue weighted by Gasteiger charge is -2.37. The standard InChI is InChI=1S/C29H28N4O3/c1-17-10-12-31-25(13-17)33-29(35)26-18(2)32-23-14-21(19-6-8-22(36-3)9-7-19)15-24(34)28(23)27(26)20-5-4-11-30-16-20/h4-13,16,21,27,32H,14-15H2,1-3H3,(H,31,33,35). The maximum absolute atomic E-state index is 13.7. The fourth-order valence-corrected chi connectivity index (χ4v) is 5.12. The highest BCUT2D eigenvalue weighted by Gasteiger charge is 2.41. The van der Waals surface area contributed by atoms with Gasteiger partial charge in [-0.2, -0.15) is 0 Å². The van der Waals surface area contributed by atoms with Crippen molar-refractivity contribution in [3.05, 3.63) is 106 Å². The monoisotopic (exact) mass is 480 g/mol. The van der Waals surface area contributed by atoms with Crippen LogP contribution in [0.1, 0.15) is 48.3 Å². The summed E-state index contributed by atoms with van der Waals surface area (Å²) >= 11 is 0. The lowest BCUT2D eigenvalue weighted by molar-refractivity contribution is -0.116. The van der Waals surface area contributed by atoms with Gasteiger partial charge in [-0.25, -0.2) is 4.98 Å². The first-order chi connectivity index (χ1) is 17.4. The smallest absolute Gasteiger partial charge is 0.255 e. The van der Waals surface area contributed by atoms with E-state index in [0.29, 0.717) is 29.8 Å². The molecule has 7 nitrogen and oxygen atoms in total. The molecule has 0 fully saturated rings. The number of amides is 1. The number of methoxy groups -OCH3 is 1. The van der Waals surface area contributed by atoms with Crippen molar-refractivity contribution >= 4 is 17.5 Å². The third-order valence-electron chi connectivity index (χ3n) is 6.83. The number of nitrogens with one attached hydrogen (secondary N) is 2. The SMILES string of the molecule is COc1ccc(C2CC(=O)C3=C(C2)NC(C)=C(C(=O)Nc2cc(C)ccn2)C3c2cccnc2)cc1. The Labute approximate surface area is 210 Å². The van der Waals surface area contributed by atoms with Crippen LogP contribution in [0.15, 0.2) is 89.7 Å². The van der Waals surface area contributed by atoms with Crippen LogP contribution in [0.25, 0.3) is 0 Å². The summed E-state index contributed by atoms with van der Waals surface area (Å²) in [6.07, 6.45) is 6.13. The Morgan fingerprint density at radius 3 is 2.56 bits per heavy atom. The second kappa shape index (κ2) is 9.77. The van der Waals surface area contributed by atoms with Gasteiger partial charge in [0.05, 0.1) is 7.11 Å². The van der Waals surface area contributed by atoms with Gasteiger partial charge in [0.25, 0.3) is 5.91 Å². The molecule has 0 saturated heterocycles. The van der Waals surface area contributed by atoms with Gasteiger partial charge in [-0.1, -0.05) is 18.2 Å². The molecule has 0 saturated carbocycles. The number of pyridine rings is 2. The Balaban J connectivity index is 1.52. The number of allylic oxidation sites excluding steroid dienone is 3. The number of rotatable bonds is 5. The molecule has 3 aromatic rings. The summed E-state index contributed by atoms with van der Waals surface area (Å²) in [7, 11) is 1.64. The molecule has 1 aliphatic heterocycles. The Kier molecular flexibility index (Phi) is 6.38. The Hall–Kier alpha value is -4.26. The van der Waals surface area contributed by atoms with E-state index in [2.05, 4.69) is 20.6 Å². The molecule has 2 N–H and O–H groups in total. The van der Waals surface area contributed by atoms with Crippen LogP contribution in [0.3, 0.4) is 0 Å². The van der Waals surface area contributed by atoms with Gasteiger partial charge in [-0.3, -0.25) is 14.6 Å². The topological polar surface area (TPSA) is 93.2 Å². The zero-order chi connectivity index (χ0) is 25.2. The van der Waals surface area contributed by atoms with Crippen LogP contribution in [-0.4, -0.2) is 28.8 Å². The van der Waals surface area contributed by atoms with E-state index in [0.717, 1.165) is 33.8 Å². The maximum Gasteiger partial charge on any atom is 0.255 e. The van der Waals surface area contributed by atoms with E-state index in [-0.39, 0.29) is 17.6 Å². The van der Waals surface area contributed by atoms with Crippen LogP contribution >= 0.6 is 0 Å². The van der Waals surface area contributed by atoms with E-state index >= 15 is 0 Å². The fraction of sp³-hybridized carbons (Fsp3) is 0.241. The summed E-state index contributed by atoms with van der Waals surface area (Å²) in [5.74, 6) is 0.534. The van der Waals surface area contributed by atoms with Crippen LogP contribution in [-0.2, 0) is 9.59 Å². The van der Waals surface area contributed by atoms with Crippen molar-refractivity contribution in [1.29, 1.82) is 0 Å². The molecule has 5 rings (SSSR count). The van der Waals surface area contributed by atoms with Crippen LogP contribution in [0, 0.1) is 6.92 Å². The number of nitrogens with zero attached hydrogens (tertiary/aromatic N) is 2. The molecule has 0 spiro atoms. The lowest BCUT2D eigenvalue weighted by Crippen LogP contribution is -2.37. The van der Waals surface area contributed by atoms with Gasteiger partial charge in [-0.15, -0.1) is 0 Å². The molecule has 36 heavy (non-hydrogen) atoms. The van der Waals surface area contributed by atoms with Crippen molar-refractivity contribution in [3.63, 3.8) is 0 Å². The minimum atomic E-state index is -0.510. The number of anilines is 1. The number of carbonyl (C=O) groups is 2. The molecule has 0 bridgehead atoms. The van der Waals surface area contributed by atoms with Crippen molar-refractivity contribution in [1.82, 2.24) is 15.3 Å². The van der Waals surface area contributed by atoms with Crippen molar-refractivity contribution in [2.75, 3.05) is 12.4 Å². The van der Waals surface area contributed by atoms with Gasteiger partial charge in [0.2, 0.25) is 0 Å². The molecular weight excluding hydrogens is 452 g/mol. The molecule has 0 radical (unpaired) electrons. The van der Waals surface area contributed by atoms with E-state index in [4.69, 9.17) is 4.74 Å². The molecule has 2 aliphatic rings. The number of aromatic nitrogens is 2. The molecule has 182 valence electrons. The van der Waals surface area contributed by atoms with Gasteiger partial charge < -0.3 is 15.4 Å². The zero-order valence-corrected chi connectivity index (χ0v) is 20.5. The predicted molar refractivity (Wildman–Crippen MR) is 137 cm³/mol. The molecule has 1 amide bonds. The number of benzene rings is 1. The quantitative estimate of drug-likeness (QED) is 0.545. The molecular formula is C29H28N4O3. The van der Waals surface area contributed by atoms with Gasteiger partial charge in [-0.05, 0) is 73.2 Å². The molecule has 2 atom stereocenters. The highest BCUT2D eigenvalue weighted by atomic mass is 16.5. The number of hydrogen-bond donors (Lipinski definition) is 2. The molecule has 2 aromatic heterocycles. The van der Waals surface area contributed by atoms with Crippen LogP contribution in [0.5, 0.6) is 5.75 Å². The first kappa shape index (κ1) is 23.5. The average molecular weight is 481 g/mol. The fourth-order valence-electron chi connectivity index (χ4n) is 5.12. The lowest BCUT2D eigenvalue weighted by atomic mass is 9.72. The van der Waals surface area contributed by atoms with Crippen molar-refractivity contribution in [2.45, 2.75) is 38.5 Å². The van der Waals surface area contributed by atoms with Crippen LogP contribution in [0.4, 0.5) is 5.82 Å². The number of aryl methyl sites for hydroxylation is 1. The molecule has 1 aromatic carbocycles. The minimum absolute atomic E-state index is 0.0323. The highest BCUT2D eigenvalue weighted by Crippen LogP contribution is 2.45. The third kappa shape index (κ3) is 4.52. The van der Waals surface area contributed by atoms with E-state index < -0.39 is 5.92 Å². The maximum atomic E-state index is 13.7. The first-order valence-corrected chi connectivity index (χ1v) is 12.0. The Morgan fingerprint density at radius 1 is 1.06 bits per heavy atom. The van der Waals surface area contributed by atoms with E-state index in [1.54, 1.807) is 25.7 Å². The number of carbonyl (C=O) groups excluding carboxylic acids is 2. The van der Waals surface area contributed by atoms with Crippen molar-refractivity contribution < 1.29 is 14.3 Å². The first-order valence-electron chi connectivity index (χ1n) is 12.0. The van der Waals surface area contributed by atoms with Crippen molar-refractivity contribution in [3.8, 4) is 5.75 Å². The van der Waals surface area contributed by atoms with E-state index in [9.17, 15) is 9.59 Å². The number of Topliss-reactive ketones (excluding diaryl/α,β-unsaturated/α-hetero) is 1. The van der Waals surface area contributed by atoms with Gasteiger partial charge in [0, 0.05) is 53.5 Å². The second-order valence-electron chi connectivity index (χ2n) is 9.25. The van der Waals surface area contributed by atoms with Crippen LogP contribution < -0.4 is 15.4 Å². The second-order valence-corrected chi connectivity index (χ2v) is 9.25. The molecule has 7 heteroatoms. The number of dihydropyridines is 1. The summed E-state index contributed by atoms with van der Waals surface area (Å²) < 4.78 is 5.28. The zero-order valence-electron chi connectivity index (χ0n) is 20.5. The summed E-state index contributed by atoms with van der Waals surface area (Å²) in [6, 6.07) is 15.3. The Bertz CT molecular complexity index is 1380. The van der Waals surface area contributed by atoms with Crippen LogP contribution in [0.2, 0.25) is 0 Å².